The van der Waals surface area contributed by atoms with Crippen LogP contribution in [-0.2, 0) is 10.8 Å². The smallest absolute Gasteiger partial charge is 0.238 e. The van der Waals surface area contributed by atoms with Gasteiger partial charge in [0.15, 0.2) is 11.6 Å². The van der Waals surface area contributed by atoms with E-state index in [0.717, 1.165) is 62.4 Å². The topological polar surface area (TPSA) is 48.5 Å². The first-order valence-electron chi connectivity index (χ1n) is 21.1. The molecule has 1 aliphatic carbocycles. The maximum absolute atomic E-state index is 5.44. The van der Waals surface area contributed by atoms with Crippen molar-refractivity contribution in [2.45, 2.75) is 51.4 Å². The molecule has 0 saturated heterocycles. The van der Waals surface area contributed by atoms with E-state index in [0.29, 0.717) is 17.6 Å². The van der Waals surface area contributed by atoms with Crippen LogP contribution in [0, 0.1) is 0 Å². The molecule has 0 unspecified atom stereocenters. The highest BCUT2D eigenvalue weighted by molar-refractivity contribution is 6.24. The standard InChI is InChI=1S/C55H43N5/c1-54(2)29-30-55(3,4)46-33-48-44(32-45(46)54)43-28-27-42-41-21-13-14-22-47(41)60(50(42)49(43)59(48)38-18-9-6-10-19-38)53-57-51(35-16-7-5-8-17-35)56-52(58-53)37-25-26-40-36(31-37)24-23-34-15-11-12-20-39(34)40/h5-28,31-33H,29-30H2,1-4H3. The molecule has 5 nitrogen and oxygen atoms in total. The van der Waals surface area contributed by atoms with Crippen LogP contribution in [0.25, 0.3) is 99.6 Å². The first-order valence-corrected chi connectivity index (χ1v) is 21.1. The Bertz CT molecular complexity index is 3540. The maximum Gasteiger partial charge on any atom is 0.238 e. The van der Waals surface area contributed by atoms with Gasteiger partial charge in [-0.05, 0) is 92.7 Å². The van der Waals surface area contributed by atoms with Gasteiger partial charge in [0.05, 0.1) is 22.1 Å². The average Bonchev–Trinajstić information content (AvgIpc) is 3.80. The number of aromatic nitrogens is 5. The van der Waals surface area contributed by atoms with E-state index in [9.17, 15) is 0 Å². The molecule has 0 aliphatic heterocycles. The highest BCUT2D eigenvalue weighted by Gasteiger charge is 2.38. The zero-order valence-electron chi connectivity index (χ0n) is 34.2. The van der Waals surface area contributed by atoms with E-state index >= 15 is 0 Å². The number of para-hydroxylation sites is 2. The summed E-state index contributed by atoms with van der Waals surface area (Å²) >= 11 is 0. The third-order valence-corrected chi connectivity index (χ3v) is 13.4. The molecule has 12 rings (SSSR count). The van der Waals surface area contributed by atoms with Crippen molar-refractivity contribution in [2.24, 2.45) is 0 Å². The molecule has 0 saturated carbocycles. The third kappa shape index (κ3) is 5.15. The molecule has 0 spiro atoms. The van der Waals surface area contributed by atoms with Crippen LogP contribution in [0.5, 0.6) is 0 Å². The fourth-order valence-corrected chi connectivity index (χ4v) is 10.1. The highest BCUT2D eigenvalue weighted by Crippen LogP contribution is 2.50. The molecule has 0 N–H and O–H groups in total. The van der Waals surface area contributed by atoms with Gasteiger partial charge in [-0.3, -0.25) is 4.57 Å². The monoisotopic (exact) mass is 773 g/mol. The van der Waals surface area contributed by atoms with Crippen molar-refractivity contribution in [3.63, 3.8) is 0 Å². The molecule has 8 aromatic carbocycles. The van der Waals surface area contributed by atoms with Crippen LogP contribution in [0.1, 0.15) is 51.7 Å². The number of fused-ring (bicyclic) bond motifs is 11. The van der Waals surface area contributed by atoms with E-state index in [2.05, 4.69) is 182 Å². The first-order chi connectivity index (χ1) is 29.2. The van der Waals surface area contributed by atoms with Gasteiger partial charge in [0, 0.05) is 38.4 Å². The van der Waals surface area contributed by atoms with Crippen LogP contribution in [0.3, 0.4) is 0 Å². The van der Waals surface area contributed by atoms with Gasteiger partial charge in [0.1, 0.15) is 0 Å². The summed E-state index contributed by atoms with van der Waals surface area (Å²) in [5.41, 5.74) is 10.5. The second-order valence-electron chi connectivity index (χ2n) is 17.9. The molecular formula is C55H43N5. The molecule has 0 bridgehead atoms. The van der Waals surface area contributed by atoms with E-state index in [1.807, 2.05) is 18.2 Å². The molecule has 0 amide bonds. The second-order valence-corrected chi connectivity index (χ2v) is 17.9. The van der Waals surface area contributed by atoms with Crippen LogP contribution in [0.4, 0.5) is 0 Å². The van der Waals surface area contributed by atoms with E-state index in [-0.39, 0.29) is 10.8 Å². The quantitative estimate of drug-likeness (QED) is 0.167. The van der Waals surface area contributed by atoms with Crippen LogP contribution in [0.15, 0.2) is 164 Å². The second kappa shape index (κ2) is 12.7. The maximum atomic E-state index is 5.44. The molecule has 3 aromatic heterocycles. The molecule has 0 atom stereocenters. The van der Waals surface area contributed by atoms with E-state index in [1.54, 1.807) is 0 Å². The summed E-state index contributed by atoms with van der Waals surface area (Å²) in [6.45, 7) is 9.66. The van der Waals surface area contributed by atoms with Crippen molar-refractivity contribution in [2.75, 3.05) is 0 Å². The van der Waals surface area contributed by atoms with Crippen LogP contribution in [0.2, 0.25) is 0 Å². The lowest BCUT2D eigenvalue weighted by Gasteiger charge is -2.42. The van der Waals surface area contributed by atoms with Gasteiger partial charge in [-0.1, -0.05) is 155 Å². The third-order valence-electron chi connectivity index (χ3n) is 13.4. The predicted octanol–water partition coefficient (Wildman–Crippen LogP) is 14.1. The fourth-order valence-electron chi connectivity index (χ4n) is 10.1. The summed E-state index contributed by atoms with van der Waals surface area (Å²) in [5.74, 6) is 1.85. The number of rotatable bonds is 4. The van der Waals surface area contributed by atoms with Crippen molar-refractivity contribution in [1.82, 2.24) is 24.1 Å². The Morgan fingerprint density at radius 3 is 1.73 bits per heavy atom. The molecule has 60 heavy (non-hydrogen) atoms. The Hall–Kier alpha value is -7.11. The highest BCUT2D eigenvalue weighted by atomic mass is 15.2. The lowest BCUT2D eigenvalue weighted by Crippen LogP contribution is -2.33. The average molecular weight is 774 g/mol. The Kier molecular flexibility index (Phi) is 7.38. The molecule has 11 aromatic rings. The van der Waals surface area contributed by atoms with Gasteiger partial charge in [0.25, 0.3) is 0 Å². The summed E-state index contributed by atoms with van der Waals surface area (Å²) in [6, 6.07) is 59.1. The molecular weight excluding hydrogens is 731 g/mol. The number of benzene rings is 8. The van der Waals surface area contributed by atoms with Crippen molar-refractivity contribution in [1.29, 1.82) is 0 Å². The van der Waals surface area contributed by atoms with Gasteiger partial charge >= 0.3 is 0 Å². The number of hydrogen-bond donors (Lipinski definition) is 0. The first kappa shape index (κ1) is 34.9. The molecule has 288 valence electrons. The lowest BCUT2D eigenvalue weighted by molar-refractivity contribution is 0.332. The Morgan fingerprint density at radius 1 is 0.400 bits per heavy atom. The molecule has 1 aliphatic rings. The minimum atomic E-state index is 0.0617. The Morgan fingerprint density at radius 2 is 0.967 bits per heavy atom. The van der Waals surface area contributed by atoms with Gasteiger partial charge in [-0.15, -0.1) is 0 Å². The van der Waals surface area contributed by atoms with E-state index in [4.69, 9.17) is 15.0 Å². The van der Waals surface area contributed by atoms with E-state index < -0.39 is 0 Å². The lowest BCUT2D eigenvalue weighted by atomic mass is 9.63. The molecule has 0 radical (unpaired) electrons. The summed E-state index contributed by atoms with van der Waals surface area (Å²) in [6.07, 6.45) is 2.31. The van der Waals surface area contributed by atoms with Gasteiger partial charge in [0.2, 0.25) is 5.95 Å². The van der Waals surface area contributed by atoms with Crippen molar-refractivity contribution in [3.8, 4) is 34.4 Å². The molecule has 0 fully saturated rings. The summed E-state index contributed by atoms with van der Waals surface area (Å²) in [7, 11) is 0. The van der Waals surface area contributed by atoms with Crippen molar-refractivity contribution in [3.05, 3.63) is 175 Å². The summed E-state index contributed by atoms with van der Waals surface area (Å²) in [4.78, 5) is 16.0. The Labute approximate surface area is 348 Å². The van der Waals surface area contributed by atoms with Crippen molar-refractivity contribution < 1.29 is 0 Å². The van der Waals surface area contributed by atoms with Gasteiger partial charge in [-0.25, -0.2) is 4.98 Å². The minimum absolute atomic E-state index is 0.0617. The summed E-state index contributed by atoms with van der Waals surface area (Å²) in [5, 5.41) is 9.61. The number of hydrogen-bond acceptors (Lipinski definition) is 3. The molecule has 5 heteroatoms. The van der Waals surface area contributed by atoms with Crippen LogP contribution >= 0.6 is 0 Å². The fraction of sp³-hybridized carbons (Fsp3) is 0.145. The largest absolute Gasteiger partial charge is 0.307 e. The minimum Gasteiger partial charge on any atom is -0.307 e. The SMILES string of the molecule is CC1(C)CCC(C)(C)c2cc3c(cc21)c1ccc2c4ccccc4n(-c4nc(-c5ccccc5)nc(-c5ccc6c(ccc7ccccc76)c5)n4)c2c1n3-c1ccccc1. The van der Waals surface area contributed by atoms with Gasteiger partial charge in [-0.2, -0.15) is 9.97 Å². The van der Waals surface area contributed by atoms with Crippen molar-refractivity contribution >= 4 is 65.2 Å². The Balaban J connectivity index is 1.21. The predicted molar refractivity (Wildman–Crippen MR) is 250 cm³/mol. The van der Waals surface area contributed by atoms with E-state index in [1.165, 1.54) is 43.6 Å². The normalized spacial score (nSPS) is 14.8. The zero-order chi connectivity index (χ0) is 40.3. The van der Waals surface area contributed by atoms with Crippen LogP contribution in [-0.4, -0.2) is 24.1 Å². The summed E-state index contributed by atoms with van der Waals surface area (Å²) < 4.78 is 4.79. The van der Waals surface area contributed by atoms with Crippen LogP contribution < -0.4 is 0 Å². The number of nitrogens with zero attached hydrogens (tertiary/aromatic N) is 5. The van der Waals surface area contributed by atoms with Gasteiger partial charge < -0.3 is 4.57 Å². The zero-order valence-corrected chi connectivity index (χ0v) is 34.2. The molecule has 3 heterocycles.